The summed E-state index contributed by atoms with van der Waals surface area (Å²) in [6.07, 6.45) is 1.71. The lowest BCUT2D eigenvalue weighted by molar-refractivity contribution is -0.385. The molecule has 33 heavy (non-hydrogen) atoms. The van der Waals surface area contributed by atoms with Crippen molar-refractivity contribution in [3.63, 3.8) is 0 Å². The van der Waals surface area contributed by atoms with Gasteiger partial charge in [-0.1, -0.05) is 12.1 Å². The molecule has 0 atom stereocenters. The van der Waals surface area contributed by atoms with E-state index < -0.39 is 4.92 Å². The number of thiazole rings is 1. The Bertz CT molecular complexity index is 1150. The number of carbonyl (C=O) groups excluding carboxylic acids is 1. The second-order valence-electron chi connectivity index (χ2n) is 6.58. The summed E-state index contributed by atoms with van der Waals surface area (Å²) in [4.78, 5) is 26.5. The molecule has 1 heterocycles. The molecule has 10 nitrogen and oxygen atoms in total. The van der Waals surface area contributed by atoms with Crippen LogP contribution in [0, 0.1) is 10.1 Å². The number of nitrogens with one attached hydrogen (secondary N) is 1. The van der Waals surface area contributed by atoms with Gasteiger partial charge in [-0.15, -0.1) is 11.3 Å². The van der Waals surface area contributed by atoms with E-state index in [1.165, 1.54) is 24.5 Å². The number of nitro groups is 1. The average molecular weight is 471 g/mol. The van der Waals surface area contributed by atoms with Crippen molar-refractivity contribution in [1.82, 2.24) is 4.98 Å². The highest BCUT2D eigenvalue weighted by molar-refractivity contribution is 7.13. The molecule has 0 amide bonds. The lowest BCUT2D eigenvalue weighted by atomic mass is 10.1. The third-order valence-corrected chi connectivity index (χ3v) is 5.10. The first-order valence-corrected chi connectivity index (χ1v) is 10.8. The Morgan fingerprint density at radius 3 is 2.85 bits per heavy atom. The third kappa shape index (κ3) is 6.74. The van der Waals surface area contributed by atoms with Gasteiger partial charge in [0, 0.05) is 17.0 Å². The molecule has 0 fully saturated rings. The van der Waals surface area contributed by atoms with Gasteiger partial charge in [0.15, 0.2) is 5.75 Å². The second-order valence-corrected chi connectivity index (χ2v) is 7.44. The zero-order valence-corrected chi connectivity index (χ0v) is 18.8. The summed E-state index contributed by atoms with van der Waals surface area (Å²) < 4.78 is 16.0. The van der Waals surface area contributed by atoms with E-state index in [1.807, 2.05) is 12.1 Å². The summed E-state index contributed by atoms with van der Waals surface area (Å²) in [5, 5.41) is 17.7. The number of aromatic nitrogens is 1. The fourth-order valence-corrected chi connectivity index (χ4v) is 3.50. The molecule has 0 aliphatic heterocycles. The van der Waals surface area contributed by atoms with Gasteiger partial charge in [0.25, 0.3) is 0 Å². The van der Waals surface area contributed by atoms with Crippen LogP contribution in [0.25, 0.3) is 0 Å². The lowest BCUT2D eigenvalue weighted by Gasteiger charge is -2.11. The Morgan fingerprint density at radius 2 is 2.09 bits per heavy atom. The summed E-state index contributed by atoms with van der Waals surface area (Å²) in [5.74, 6) is 0.432. The molecular weight excluding hydrogens is 448 g/mol. The molecule has 0 spiro atoms. The van der Waals surface area contributed by atoms with E-state index in [1.54, 1.807) is 42.8 Å². The van der Waals surface area contributed by atoms with Crippen LogP contribution >= 0.6 is 11.3 Å². The highest BCUT2D eigenvalue weighted by atomic mass is 32.1. The van der Waals surface area contributed by atoms with Gasteiger partial charge >= 0.3 is 11.7 Å². The number of anilines is 1. The predicted molar refractivity (Wildman–Crippen MR) is 124 cm³/mol. The van der Waals surface area contributed by atoms with Crippen LogP contribution in [0.5, 0.6) is 11.5 Å². The smallest absolute Gasteiger partial charge is 0.311 e. The maximum absolute atomic E-state index is 11.5. The Hall–Kier alpha value is -3.99. The van der Waals surface area contributed by atoms with Crippen LogP contribution in [0.15, 0.2) is 52.9 Å². The van der Waals surface area contributed by atoms with E-state index in [-0.39, 0.29) is 30.4 Å². The molecule has 0 unspecified atom stereocenters. The fraction of sp³-hybridized carbons (Fsp3) is 0.227. The van der Waals surface area contributed by atoms with Crippen LogP contribution in [-0.2, 0) is 22.6 Å². The van der Waals surface area contributed by atoms with Crippen LogP contribution in [-0.4, -0.2) is 35.8 Å². The number of nitro benzene ring substituents is 1. The molecule has 0 bridgehead atoms. The predicted octanol–water partition coefficient (Wildman–Crippen LogP) is 4.19. The molecular formula is C22H22N4O6S. The SMILES string of the molecule is CCOC(=O)Cc1csc(NN=Cc2ccc(OC)c(COc3ccccc3[N+](=O)[O-])c2)n1. The van der Waals surface area contributed by atoms with E-state index in [2.05, 4.69) is 15.5 Å². The molecule has 3 rings (SSSR count). The topological polar surface area (TPSA) is 125 Å². The number of ether oxygens (including phenoxy) is 3. The number of benzene rings is 2. The van der Waals surface area contributed by atoms with Crippen LogP contribution in [0.1, 0.15) is 23.7 Å². The van der Waals surface area contributed by atoms with Crippen LogP contribution in [0.3, 0.4) is 0 Å². The van der Waals surface area contributed by atoms with Crippen molar-refractivity contribution < 1.29 is 23.9 Å². The van der Waals surface area contributed by atoms with E-state index in [0.29, 0.717) is 28.7 Å². The number of carbonyl (C=O) groups is 1. The zero-order valence-electron chi connectivity index (χ0n) is 18.0. The molecule has 2 aromatic carbocycles. The van der Waals surface area contributed by atoms with Gasteiger partial charge in [-0.3, -0.25) is 20.3 Å². The monoisotopic (exact) mass is 470 g/mol. The van der Waals surface area contributed by atoms with Crippen LogP contribution < -0.4 is 14.9 Å². The normalized spacial score (nSPS) is 10.7. The first kappa shape index (κ1) is 23.7. The van der Waals surface area contributed by atoms with Crippen molar-refractivity contribution in [1.29, 1.82) is 0 Å². The Morgan fingerprint density at radius 1 is 1.27 bits per heavy atom. The van der Waals surface area contributed by atoms with Crippen LogP contribution in [0.4, 0.5) is 10.8 Å². The first-order valence-electron chi connectivity index (χ1n) is 9.92. The van der Waals surface area contributed by atoms with Crippen molar-refractivity contribution in [3.8, 4) is 11.5 Å². The van der Waals surface area contributed by atoms with Crippen LogP contribution in [0.2, 0.25) is 0 Å². The van der Waals surface area contributed by atoms with E-state index >= 15 is 0 Å². The minimum atomic E-state index is -0.488. The van der Waals surface area contributed by atoms with Gasteiger partial charge in [0.2, 0.25) is 5.13 Å². The molecule has 172 valence electrons. The van der Waals surface area contributed by atoms with Gasteiger partial charge in [-0.05, 0) is 36.8 Å². The summed E-state index contributed by atoms with van der Waals surface area (Å²) in [6, 6.07) is 11.6. The number of methoxy groups -OCH3 is 1. The number of hydrogen-bond acceptors (Lipinski definition) is 10. The standard InChI is InChI=1S/C22H22N4O6S/c1-3-31-21(27)11-17-14-33-22(24-17)25-23-12-15-8-9-19(30-2)16(10-15)13-32-20-7-5-4-6-18(20)26(28)29/h4-10,12,14H,3,11,13H2,1-2H3,(H,24,25). The van der Waals surface area contributed by atoms with Gasteiger partial charge in [-0.25, -0.2) is 4.98 Å². The molecule has 0 radical (unpaired) electrons. The van der Waals surface area contributed by atoms with Crippen molar-refractivity contribution in [2.24, 2.45) is 5.10 Å². The number of rotatable bonds is 11. The Kier molecular flexibility index (Phi) is 8.30. The molecule has 0 saturated carbocycles. The minimum absolute atomic E-state index is 0.0762. The Balaban J connectivity index is 1.65. The maximum Gasteiger partial charge on any atom is 0.311 e. The minimum Gasteiger partial charge on any atom is -0.496 e. The van der Waals surface area contributed by atoms with E-state index in [9.17, 15) is 14.9 Å². The Labute approximate surface area is 194 Å². The van der Waals surface area contributed by atoms with Crippen molar-refractivity contribution in [2.75, 3.05) is 19.1 Å². The van der Waals surface area contributed by atoms with Crippen molar-refractivity contribution in [2.45, 2.75) is 20.0 Å². The molecule has 0 aliphatic rings. The number of nitrogens with zero attached hydrogens (tertiary/aromatic N) is 3. The highest BCUT2D eigenvalue weighted by Gasteiger charge is 2.15. The van der Waals surface area contributed by atoms with Crippen molar-refractivity contribution in [3.05, 3.63) is 74.8 Å². The maximum atomic E-state index is 11.5. The highest BCUT2D eigenvalue weighted by Crippen LogP contribution is 2.28. The molecule has 1 aromatic heterocycles. The summed E-state index contributed by atoms with van der Waals surface area (Å²) in [6.45, 7) is 2.16. The molecule has 11 heteroatoms. The number of hydrazone groups is 1. The van der Waals surface area contributed by atoms with E-state index in [0.717, 1.165) is 5.56 Å². The quantitative estimate of drug-likeness (QED) is 0.191. The summed E-state index contributed by atoms with van der Waals surface area (Å²) >= 11 is 1.32. The largest absolute Gasteiger partial charge is 0.496 e. The van der Waals surface area contributed by atoms with Crippen molar-refractivity contribution >= 4 is 34.3 Å². The zero-order chi connectivity index (χ0) is 23.6. The molecule has 1 N–H and O–H groups in total. The van der Waals surface area contributed by atoms with Gasteiger partial charge in [0.1, 0.15) is 12.4 Å². The lowest BCUT2D eigenvalue weighted by Crippen LogP contribution is -2.07. The molecule has 0 saturated heterocycles. The van der Waals surface area contributed by atoms with Gasteiger partial charge in [0.05, 0.1) is 37.0 Å². The number of hydrogen-bond donors (Lipinski definition) is 1. The van der Waals surface area contributed by atoms with Gasteiger partial charge < -0.3 is 14.2 Å². The van der Waals surface area contributed by atoms with E-state index in [4.69, 9.17) is 14.2 Å². The summed E-state index contributed by atoms with van der Waals surface area (Å²) in [5.41, 5.74) is 4.79. The number of para-hydroxylation sites is 2. The average Bonchev–Trinajstić information content (AvgIpc) is 3.25. The fourth-order valence-electron chi connectivity index (χ4n) is 2.84. The molecule has 0 aliphatic carbocycles. The first-order chi connectivity index (χ1) is 16.0. The number of esters is 1. The molecule has 3 aromatic rings. The third-order valence-electron chi connectivity index (χ3n) is 4.31. The second kappa shape index (κ2) is 11.6. The summed E-state index contributed by atoms with van der Waals surface area (Å²) in [7, 11) is 1.54. The van der Waals surface area contributed by atoms with Gasteiger partial charge in [-0.2, -0.15) is 5.10 Å².